The van der Waals surface area contributed by atoms with E-state index in [-0.39, 0.29) is 6.04 Å². The van der Waals surface area contributed by atoms with Gasteiger partial charge in [0, 0.05) is 17.6 Å². The highest BCUT2D eigenvalue weighted by molar-refractivity contribution is 5.78. The summed E-state index contributed by atoms with van der Waals surface area (Å²) in [5.74, 6) is 6.19. The molecule has 6 nitrogen and oxygen atoms in total. The minimum atomic E-state index is -0.279. The van der Waals surface area contributed by atoms with Crippen LogP contribution in [0.3, 0.4) is 0 Å². The zero-order valence-corrected chi connectivity index (χ0v) is 11.5. The standard InChI is InChI=1S/C15H15N5O/c1-21-14-7-13(18-9-19-14)15(20-16)11-6-10-4-2-3-5-12(10)17-8-11/h2-9,15,20H,16H2,1H3. The highest BCUT2D eigenvalue weighted by atomic mass is 16.5. The first-order chi connectivity index (χ1) is 10.3. The van der Waals surface area contributed by atoms with Crippen molar-refractivity contribution in [2.75, 3.05) is 7.11 Å². The van der Waals surface area contributed by atoms with E-state index in [0.29, 0.717) is 5.88 Å². The van der Waals surface area contributed by atoms with Crippen molar-refractivity contribution < 1.29 is 4.74 Å². The smallest absolute Gasteiger partial charge is 0.216 e. The van der Waals surface area contributed by atoms with E-state index in [0.717, 1.165) is 22.2 Å². The zero-order valence-electron chi connectivity index (χ0n) is 11.5. The first-order valence-corrected chi connectivity index (χ1v) is 6.48. The topological polar surface area (TPSA) is 86.0 Å². The van der Waals surface area contributed by atoms with Gasteiger partial charge in [-0.05, 0) is 17.7 Å². The first-order valence-electron chi connectivity index (χ1n) is 6.48. The van der Waals surface area contributed by atoms with E-state index in [1.54, 1.807) is 19.4 Å². The average molecular weight is 281 g/mol. The Morgan fingerprint density at radius 3 is 2.81 bits per heavy atom. The summed E-state index contributed by atoms with van der Waals surface area (Å²) in [6.45, 7) is 0. The van der Waals surface area contributed by atoms with Crippen LogP contribution >= 0.6 is 0 Å². The Kier molecular flexibility index (Phi) is 3.72. The van der Waals surface area contributed by atoms with Crippen LogP contribution in [0.4, 0.5) is 0 Å². The highest BCUT2D eigenvalue weighted by Gasteiger charge is 2.16. The summed E-state index contributed by atoms with van der Waals surface area (Å²) in [4.78, 5) is 12.7. The lowest BCUT2D eigenvalue weighted by atomic mass is 10.0. The van der Waals surface area contributed by atoms with Crippen molar-refractivity contribution in [3.63, 3.8) is 0 Å². The van der Waals surface area contributed by atoms with Crippen LogP contribution in [0.25, 0.3) is 10.9 Å². The van der Waals surface area contributed by atoms with Crippen LogP contribution in [0.2, 0.25) is 0 Å². The molecule has 106 valence electrons. The fourth-order valence-electron chi connectivity index (χ4n) is 2.22. The van der Waals surface area contributed by atoms with Gasteiger partial charge in [-0.25, -0.2) is 15.4 Å². The lowest BCUT2D eigenvalue weighted by Gasteiger charge is -2.16. The van der Waals surface area contributed by atoms with Crippen LogP contribution in [-0.2, 0) is 0 Å². The molecule has 1 aromatic carbocycles. The molecule has 0 bridgehead atoms. The number of nitrogens with two attached hydrogens (primary N) is 1. The van der Waals surface area contributed by atoms with Gasteiger partial charge in [0.15, 0.2) is 0 Å². The molecule has 0 aliphatic carbocycles. The molecular formula is C15H15N5O. The second kappa shape index (κ2) is 5.82. The number of nitrogens with zero attached hydrogens (tertiary/aromatic N) is 3. The Bertz CT molecular complexity index is 762. The summed E-state index contributed by atoms with van der Waals surface area (Å²) in [5.41, 5.74) is 5.36. The van der Waals surface area contributed by atoms with E-state index >= 15 is 0 Å². The summed E-state index contributed by atoms with van der Waals surface area (Å²) < 4.78 is 5.12. The summed E-state index contributed by atoms with van der Waals surface area (Å²) in [7, 11) is 1.56. The Morgan fingerprint density at radius 2 is 2.00 bits per heavy atom. The third-order valence-electron chi connectivity index (χ3n) is 3.28. The van der Waals surface area contributed by atoms with Crippen molar-refractivity contribution >= 4 is 10.9 Å². The number of hydrogen-bond acceptors (Lipinski definition) is 6. The van der Waals surface area contributed by atoms with Crippen molar-refractivity contribution in [3.05, 3.63) is 60.2 Å². The second-order valence-electron chi connectivity index (χ2n) is 4.55. The predicted molar refractivity (Wildman–Crippen MR) is 79.5 cm³/mol. The van der Waals surface area contributed by atoms with Crippen LogP contribution in [0.15, 0.2) is 48.9 Å². The first kappa shape index (κ1) is 13.4. The van der Waals surface area contributed by atoms with Crippen molar-refractivity contribution in [2.24, 2.45) is 5.84 Å². The predicted octanol–water partition coefficient (Wildman–Crippen LogP) is 1.59. The molecule has 0 saturated heterocycles. The number of nitrogens with one attached hydrogen (secondary N) is 1. The molecule has 21 heavy (non-hydrogen) atoms. The second-order valence-corrected chi connectivity index (χ2v) is 4.55. The van der Waals surface area contributed by atoms with E-state index in [2.05, 4.69) is 20.4 Å². The summed E-state index contributed by atoms with van der Waals surface area (Å²) >= 11 is 0. The molecule has 3 N–H and O–H groups in total. The van der Waals surface area contributed by atoms with Gasteiger partial charge in [0.25, 0.3) is 0 Å². The molecule has 0 amide bonds. The van der Waals surface area contributed by atoms with Gasteiger partial charge in [0.05, 0.1) is 24.4 Å². The Morgan fingerprint density at radius 1 is 1.14 bits per heavy atom. The summed E-state index contributed by atoms with van der Waals surface area (Å²) in [5, 5.41) is 1.05. The monoisotopic (exact) mass is 281 g/mol. The molecule has 6 heteroatoms. The molecule has 3 aromatic rings. The molecule has 3 rings (SSSR count). The molecule has 0 saturated carbocycles. The van der Waals surface area contributed by atoms with Crippen LogP contribution in [0.1, 0.15) is 17.3 Å². The molecule has 0 aliphatic rings. The SMILES string of the molecule is COc1cc(C(NN)c2cnc3ccccc3c2)ncn1. The molecule has 2 heterocycles. The molecule has 1 atom stereocenters. The molecule has 2 aromatic heterocycles. The number of ether oxygens (including phenoxy) is 1. The van der Waals surface area contributed by atoms with Gasteiger partial charge in [0.2, 0.25) is 5.88 Å². The average Bonchev–Trinajstić information content (AvgIpc) is 2.56. The number of benzene rings is 1. The quantitative estimate of drug-likeness (QED) is 0.558. The Labute approximate surface area is 122 Å². The van der Waals surface area contributed by atoms with Gasteiger partial charge in [-0.15, -0.1) is 0 Å². The van der Waals surface area contributed by atoms with Gasteiger partial charge < -0.3 is 4.74 Å². The van der Waals surface area contributed by atoms with Gasteiger partial charge in [-0.3, -0.25) is 10.8 Å². The summed E-state index contributed by atoms with van der Waals surface area (Å²) in [6, 6.07) is 11.4. The highest BCUT2D eigenvalue weighted by Crippen LogP contribution is 2.23. The number of aromatic nitrogens is 3. The number of rotatable bonds is 4. The summed E-state index contributed by atoms with van der Waals surface area (Å²) in [6.07, 6.45) is 3.24. The minimum Gasteiger partial charge on any atom is -0.481 e. The largest absolute Gasteiger partial charge is 0.481 e. The third kappa shape index (κ3) is 2.67. The maximum atomic E-state index is 5.69. The van der Waals surface area contributed by atoms with Gasteiger partial charge >= 0.3 is 0 Å². The fourth-order valence-corrected chi connectivity index (χ4v) is 2.22. The molecule has 0 aliphatic heterocycles. The van der Waals surface area contributed by atoms with Crippen molar-refractivity contribution in [1.29, 1.82) is 0 Å². The number of hydrogen-bond donors (Lipinski definition) is 2. The van der Waals surface area contributed by atoms with E-state index in [4.69, 9.17) is 10.6 Å². The number of para-hydroxylation sites is 1. The van der Waals surface area contributed by atoms with E-state index in [1.807, 2.05) is 30.3 Å². The van der Waals surface area contributed by atoms with E-state index < -0.39 is 0 Å². The van der Waals surface area contributed by atoms with Crippen molar-refractivity contribution in [1.82, 2.24) is 20.4 Å². The lowest BCUT2D eigenvalue weighted by Crippen LogP contribution is -2.29. The minimum absolute atomic E-state index is 0.279. The third-order valence-corrected chi connectivity index (χ3v) is 3.28. The molecule has 1 unspecified atom stereocenters. The van der Waals surface area contributed by atoms with Crippen molar-refractivity contribution in [2.45, 2.75) is 6.04 Å². The lowest BCUT2D eigenvalue weighted by molar-refractivity contribution is 0.395. The van der Waals surface area contributed by atoms with Gasteiger partial charge in [-0.1, -0.05) is 18.2 Å². The normalized spacial score (nSPS) is 12.3. The molecule has 0 radical (unpaired) electrons. The van der Waals surface area contributed by atoms with Crippen LogP contribution in [0, 0.1) is 0 Å². The Balaban J connectivity index is 2.04. The van der Waals surface area contributed by atoms with Crippen LogP contribution in [0.5, 0.6) is 5.88 Å². The number of pyridine rings is 1. The molecule has 0 fully saturated rings. The van der Waals surface area contributed by atoms with Gasteiger partial charge in [-0.2, -0.15) is 0 Å². The maximum absolute atomic E-state index is 5.69. The Hall–Kier alpha value is -2.57. The van der Waals surface area contributed by atoms with Crippen LogP contribution in [-0.4, -0.2) is 22.1 Å². The number of fused-ring (bicyclic) bond motifs is 1. The van der Waals surface area contributed by atoms with Crippen molar-refractivity contribution in [3.8, 4) is 5.88 Å². The van der Waals surface area contributed by atoms with E-state index in [1.165, 1.54) is 6.33 Å². The zero-order chi connectivity index (χ0) is 14.7. The fraction of sp³-hybridized carbons (Fsp3) is 0.133. The van der Waals surface area contributed by atoms with Gasteiger partial charge in [0.1, 0.15) is 6.33 Å². The molecular weight excluding hydrogens is 266 g/mol. The van der Waals surface area contributed by atoms with E-state index in [9.17, 15) is 0 Å². The molecule has 0 spiro atoms. The number of methoxy groups -OCH3 is 1. The maximum Gasteiger partial charge on any atom is 0.216 e. The van der Waals surface area contributed by atoms with Crippen LogP contribution < -0.4 is 16.0 Å². The number of hydrazine groups is 1.